The molecule has 0 spiro atoms. The number of carbonyl (C=O) groups is 1. The van der Waals surface area contributed by atoms with Crippen LogP contribution in [0.5, 0.6) is 11.5 Å². The van der Waals surface area contributed by atoms with Gasteiger partial charge in [0, 0.05) is 103 Å². The van der Waals surface area contributed by atoms with E-state index in [1.54, 1.807) is 19.2 Å². The lowest BCUT2D eigenvalue weighted by Crippen LogP contribution is -2.62. The maximum absolute atomic E-state index is 14.3. The van der Waals surface area contributed by atoms with E-state index in [-0.39, 0.29) is 11.7 Å². The predicted molar refractivity (Wildman–Crippen MR) is 245 cm³/mol. The Kier molecular flexibility index (Phi) is 13.6. The molecule has 6 aromatic rings. The van der Waals surface area contributed by atoms with E-state index in [2.05, 4.69) is 52.9 Å². The molecule has 4 heterocycles. The normalized spacial score (nSPS) is 16.1. The first-order valence-corrected chi connectivity index (χ1v) is 22.2. The Hall–Kier alpha value is -4.76. The summed E-state index contributed by atoms with van der Waals surface area (Å²) < 4.78 is 50.8. The van der Waals surface area contributed by atoms with Crippen LogP contribution < -0.4 is 25.0 Å². The molecule has 4 aromatic carbocycles. The number of ether oxygens (including phenoxy) is 2. The number of aryl methyl sites for hydroxylation is 1. The highest BCUT2D eigenvalue weighted by molar-refractivity contribution is 6.36. The zero-order valence-corrected chi connectivity index (χ0v) is 37.3. The fourth-order valence-electron chi connectivity index (χ4n) is 8.85. The van der Waals surface area contributed by atoms with Gasteiger partial charge in [0.25, 0.3) is 0 Å². The van der Waals surface area contributed by atoms with E-state index in [1.807, 2.05) is 60.6 Å². The average Bonchev–Trinajstić information content (AvgIpc) is 3.63. The molecular weight excluding hydrogens is 874 g/mol. The first-order valence-electron chi connectivity index (χ1n) is 21.0. The van der Waals surface area contributed by atoms with E-state index in [0.29, 0.717) is 78.6 Å². The van der Waals surface area contributed by atoms with Crippen molar-refractivity contribution in [1.82, 2.24) is 30.0 Å². The maximum atomic E-state index is 14.3. The predicted octanol–water partition coefficient (Wildman–Crippen LogP) is 9.81. The summed E-state index contributed by atoms with van der Waals surface area (Å²) in [4.78, 5) is 25.7. The number of anilines is 1. The van der Waals surface area contributed by atoms with E-state index < -0.39 is 11.9 Å². The minimum Gasteiger partial charge on any atom is -0.497 e. The van der Waals surface area contributed by atoms with E-state index in [1.165, 1.54) is 12.1 Å². The second-order valence-corrected chi connectivity index (χ2v) is 17.4. The van der Waals surface area contributed by atoms with Crippen molar-refractivity contribution in [3.8, 4) is 22.6 Å². The first kappa shape index (κ1) is 44.8. The van der Waals surface area contributed by atoms with Crippen LogP contribution in [-0.2, 0) is 24.4 Å². The number of nitrogens with zero attached hydrogens (tertiary/aromatic N) is 5. The second kappa shape index (κ2) is 19.1. The summed E-state index contributed by atoms with van der Waals surface area (Å²) in [6.45, 7) is 7.26. The van der Waals surface area contributed by atoms with Gasteiger partial charge in [0.2, 0.25) is 5.91 Å². The number of likely N-dealkylation sites (N-methyl/N-ethyl adjacent to an activating group) is 1. The number of halogens is 6. The highest BCUT2D eigenvalue weighted by Crippen LogP contribution is 2.38. The number of hydrogen-bond donors (Lipinski definition) is 2. The third kappa shape index (κ3) is 10.1. The lowest BCUT2D eigenvalue weighted by atomic mass is 9.85. The third-order valence-corrected chi connectivity index (χ3v) is 13.3. The maximum Gasteiger partial charge on any atom is 0.573 e. The van der Waals surface area contributed by atoms with Crippen molar-refractivity contribution in [1.29, 1.82) is 0 Å². The molecule has 1 amide bonds. The van der Waals surface area contributed by atoms with Gasteiger partial charge in [-0.05, 0) is 104 Å². The summed E-state index contributed by atoms with van der Waals surface area (Å²) >= 11 is 19.7. The van der Waals surface area contributed by atoms with E-state index >= 15 is 0 Å². The standard InChI is InChI=1S/C47H49Cl3F3N7O3/c1-57(43-27-33-26-35(62-2)12-13-41(33)56-44(43)50)46(15-18-54-19-16-46)45(61)55-17-4-20-60-30-37(32-8-10-34(11-9-32)63-47(51,52)53)36-25-31(7-14-42(36)60)28-58-21-23-59(24-22-58)29-38-39(48)5-3-6-40(38)49/h3,5-14,25-27,30,54H,4,15-24,28-29H2,1-2H3,(H,55,61). The number of aromatic nitrogens is 2. The number of rotatable bonds is 14. The van der Waals surface area contributed by atoms with Crippen molar-refractivity contribution in [2.24, 2.45) is 0 Å². The number of nitrogens with one attached hydrogen (secondary N) is 2. The SMILES string of the molecule is COc1ccc2nc(Cl)c(N(C)C3(C(=O)NCCCn4cc(-c5ccc(OC(F)(F)F)cc5)c5cc(CN6CCN(Cc7c(Cl)cccc7Cl)CC6)ccc54)CCNCC3)cc2c1. The van der Waals surface area contributed by atoms with Crippen LogP contribution >= 0.6 is 34.8 Å². The van der Waals surface area contributed by atoms with Gasteiger partial charge in [-0.15, -0.1) is 13.2 Å². The van der Waals surface area contributed by atoms with Crippen LogP contribution in [-0.4, -0.2) is 97.1 Å². The molecule has 10 nitrogen and oxygen atoms in total. The van der Waals surface area contributed by atoms with Gasteiger partial charge < -0.3 is 29.6 Å². The Labute approximate surface area is 379 Å². The molecule has 0 radical (unpaired) electrons. The number of methoxy groups -OCH3 is 1. The number of amides is 1. The van der Waals surface area contributed by atoms with E-state index in [9.17, 15) is 18.0 Å². The van der Waals surface area contributed by atoms with Crippen molar-refractivity contribution in [2.75, 3.05) is 64.9 Å². The highest BCUT2D eigenvalue weighted by Gasteiger charge is 2.44. The number of piperidine rings is 1. The molecule has 2 fully saturated rings. The minimum absolute atomic E-state index is 0.0781. The lowest BCUT2D eigenvalue weighted by Gasteiger charge is -2.44. The van der Waals surface area contributed by atoms with Crippen LogP contribution in [0.4, 0.5) is 18.9 Å². The summed E-state index contributed by atoms with van der Waals surface area (Å²) in [5, 5.41) is 10.1. The fraction of sp³-hybridized carbons (Fsp3) is 0.362. The molecule has 0 aliphatic carbocycles. The Morgan fingerprint density at radius 3 is 2.25 bits per heavy atom. The quantitative estimate of drug-likeness (QED) is 0.0826. The van der Waals surface area contributed by atoms with Crippen molar-refractivity contribution < 1.29 is 27.4 Å². The smallest absolute Gasteiger partial charge is 0.497 e. The van der Waals surface area contributed by atoms with Crippen LogP contribution in [0.1, 0.15) is 30.4 Å². The minimum atomic E-state index is -4.78. The molecular formula is C47H49Cl3F3N7O3. The molecule has 0 unspecified atom stereocenters. The molecule has 332 valence electrons. The van der Waals surface area contributed by atoms with Crippen LogP contribution in [0.3, 0.4) is 0 Å². The van der Waals surface area contributed by atoms with Gasteiger partial charge in [0.05, 0.1) is 18.3 Å². The van der Waals surface area contributed by atoms with Gasteiger partial charge in [-0.1, -0.05) is 59.1 Å². The van der Waals surface area contributed by atoms with Crippen LogP contribution in [0.25, 0.3) is 32.9 Å². The summed E-state index contributed by atoms with van der Waals surface area (Å²) in [6.07, 6.45) is -0.951. The van der Waals surface area contributed by atoms with Gasteiger partial charge in [0.1, 0.15) is 17.0 Å². The van der Waals surface area contributed by atoms with E-state index in [0.717, 1.165) is 76.8 Å². The Bertz CT molecular complexity index is 2560. The second-order valence-electron chi connectivity index (χ2n) is 16.2. The molecule has 2 saturated heterocycles. The Balaban J connectivity index is 0.975. The number of hydrogen-bond acceptors (Lipinski definition) is 8. The third-order valence-electron chi connectivity index (χ3n) is 12.3. The van der Waals surface area contributed by atoms with Crippen molar-refractivity contribution in [3.05, 3.63) is 117 Å². The number of fused-ring (bicyclic) bond motifs is 2. The molecule has 0 atom stereocenters. The van der Waals surface area contributed by atoms with Crippen molar-refractivity contribution in [3.63, 3.8) is 0 Å². The molecule has 2 aliphatic heterocycles. The lowest BCUT2D eigenvalue weighted by molar-refractivity contribution is -0.274. The summed E-state index contributed by atoms with van der Waals surface area (Å²) in [7, 11) is 3.52. The van der Waals surface area contributed by atoms with Gasteiger partial charge in [0.15, 0.2) is 5.15 Å². The molecule has 2 aromatic heterocycles. The van der Waals surface area contributed by atoms with Gasteiger partial charge >= 0.3 is 6.36 Å². The van der Waals surface area contributed by atoms with Crippen molar-refractivity contribution >= 4 is 68.2 Å². The van der Waals surface area contributed by atoms with Crippen molar-refractivity contribution in [2.45, 2.75) is 50.8 Å². The van der Waals surface area contributed by atoms with Crippen LogP contribution in [0.15, 0.2) is 91.1 Å². The molecule has 16 heteroatoms. The Morgan fingerprint density at radius 2 is 1.57 bits per heavy atom. The molecule has 2 aliphatic rings. The van der Waals surface area contributed by atoms with Gasteiger partial charge in [-0.3, -0.25) is 14.6 Å². The molecule has 0 saturated carbocycles. The van der Waals surface area contributed by atoms with Gasteiger partial charge in [-0.2, -0.15) is 0 Å². The topological polar surface area (TPSA) is 87.1 Å². The van der Waals surface area contributed by atoms with Crippen LogP contribution in [0, 0.1) is 0 Å². The number of pyridine rings is 1. The average molecular weight is 923 g/mol. The molecule has 8 rings (SSSR count). The number of piperazine rings is 1. The number of benzene rings is 4. The summed E-state index contributed by atoms with van der Waals surface area (Å²) in [5.41, 5.74) is 5.26. The fourth-order valence-corrected chi connectivity index (χ4v) is 9.64. The highest BCUT2D eigenvalue weighted by atomic mass is 35.5. The molecule has 63 heavy (non-hydrogen) atoms. The molecule has 2 N–H and O–H groups in total. The first-order chi connectivity index (χ1) is 30.3. The van der Waals surface area contributed by atoms with Crippen LogP contribution in [0.2, 0.25) is 15.2 Å². The number of alkyl halides is 3. The summed E-state index contributed by atoms with van der Waals surface area (Å²) in [6, 6.07) is 25.6. The molecule has 0 bridgehead atoms. The monoisotopic (exact) mass is 921 g/mol. The van der Waals surface area contributed by atoms with Gasteiger partial charge in [-0.25, -0.2) is 4.98 Å². The zero-order valence-electron chi connectivity index (χ0n) is 35.1. The van der Waals surface area contributed by atoms with E-state index in [4.69, 9.17) is 39.5 Å². The number of carbonyl (C=O) groups excluding carboxylic acids is 1. The Morgan fingerprint density at radius 1 is 0.889 bits per heavy atom. The largest absolute Gasteiger partial charge is 0.573 e. The summed E-state index contributed by atoms with van der Waals surface area (Å²) in [5.74, 6) is 0.345. The zero-order chi connectivity index (χ0) is 44.3.